The second-order valence-electron chi connectivity index (χ2n) is 14.7. The van der Waals surface area contributed by atoms with Crippen molar-refractivity contribution in [1.29, 1.82) is 0 Å². The summed E-state index contributed by atoms with van der Waals surface area (Å²) in [6, 6.07) is 12.9. The first kappa shape index (κ1) is 40.2. The molecule has 2 heterocycles. The first-order valence-corrected chi connectivity index (χ1v) is 19.7. The van der Waals surface area contributed by atoms with Crippen LogP contribution in [0.3, 0.4) is 0 Å². The third-order valence-corrected chi connectivity index (χ3v) is 11.4. The van der Waals surface area contributed by atoms with E-state index in [2.05, 4.69) is 41.2 Å². The van der Waals surface area contributed by atoms with E-state index in [0.717, 1.165) is 30.6 Å². The molecule has 3 aliphatic rings. The Hall–Kier alpha value is -4.97. The molecule has 12 heteroatoms. The Morgan fingerprint density at radius 1 is 0.870 bits per heavy atom. The Labute approximate surface area is 321 Å². The van der Waals surface area contributed by atoms with Gasteiger partial charge < -0.3 is 26.0 Å². The molecule has 0 unspecified atom stereocenters. The molecule has 2 fully saturated rings. The van der Waals surface area contributed by atoms with Crippen molar-refractivity contribution in [3.63, 3.8) is 0 Å². The lowest BCUT2D eigenvalue weighted by atomic mass is 9.87. The molecule has 4 N–H and O–H groups in total. The molecule has 1 aliphatic carbocycles. The lowest BCUT2D eigenvalue weighted by Crippen LogP contribution is -2.36. The minimum Gasteiger partial charge on any atom is -0.458 e. The molecular weight excluding hydrogens is 705 g/mol. The smallest absolute Gasteiger partial charge is 0.338 e. The van der Waals surface area contributed by atoms with Crippen molar-refractivity contribution >= 4 is 47.1 Å². The zero-order valence-electron chi connectivity index (χ0n) is 31.2. The van der Waals surface area contributed by atoms with Gasteiger partial charge in [0, 0.05) is 47.2 Å². The van der Waals surface area contributed by atoms with Gasteiger partial charge >= 0.3 is 12.0 Å². The lowest BCUT2D eigenvalue weighted by Gasteiger charge is -2.18. The van der Waals surface area contributed by atoms with E-state index < -0.39 is 5.97 Å². The van der Waals surface area contributed by atoms with Crippen molar-refractivity contribution in [3.8, 4) is 0 Å². The van der Waals surface area contributed by atoms with Gasteiger partial charge in [0.2, 0.25) is 5.91 Å². The fourth-order valence-corrected chi connectivity index (χ4v) is 8.04. The van der Waals surface area contributed by atoms with Crippen LogP contribution in [0.25, 0.3) is 0 Å². The van der Waals surface area contributed by atoms with E-state index in [0.29, 0.717) is 65.3 Å². The Morgan fingerprint density at radius 2 is 1.54 bits per heavy atom. The van der Waals surface area contributed by atoms with Gasteiger partial charge in [-0.1, -0.05) is 62.8 Å². The zero-order valence-corrected chi connectivity index (χ0v) is 32.0. The zero-order chi connectivity index (χ0) is 38.7. The topological polar surface area (TPSA) is 160 Å². The largest absolute Gasteiger partial charge is 0.458 e. The number of hydrogen-bond donors (Lipinski definition) is 4. The number of ketones is 2. The summed E-state index contributed by atoms with van der Waals surface area (Å²) in [7, 11) is 0. The maximum absolute atomic E-state index is 13.2. The second-order valence-corrected chi connectivity index (χ2v) is 16.0. The molecule has 11 nitrogen and oxygen atoms in total. The van der Waals surface area contributed by atoms with Crippen LogP contribution in [0, 0.1) is 5.41 Å². The highest BCUT2D eigenvalue weighted by molar-refractivity contribution is 8.00. The maximum Gasteiger partial charge on any atom is 0.338 e. The standard InChI is InChI=1S/C42H50N4O7S/c1-27-7-6-8-28(19-21-42(2,3)22-20-34(27)47)25-53-40(51)32-17-13-30(14-18-32)38(49)29-11-15-31(16-12-29)39(50)44-24-23-43-36(48)10-5-4-9-35-37-33(26-54-35)45-41(52)46-37/h7,11-20,22,33,35,37H,4-6,8-10,21,23-26H2,1-3H3,(H,43,48)(H,44,50)(H2,45,46,52)/b22-20+,27-7+,28-19-/t33-,35-,37-/m0/s1. The van der Waals surface area contributed by atoms with Crippen molar-refractivity contribution in [2.24, 2.45) is 5.41 Å². The number of rotatable bonds is 14. The van der Waals surface area contributed by atoms with Gasteiger partial charge in [-0.15, -0.1) is 0 Å². The minimum absolute atomic E-state index is 0.00610. The average Bonchev–Trinajstić information content (AvgIpc) is 3.72. The van der Waals surface area contributed by atoms with Gasteiger partial charge in [0.25, 0.3) is 5.91 Å². The van der Waals surface area contributed by atoms with Crippen LogP contribution >= 0.6 is 11.8 Å². The van der Waals surface area contributed by atoms with Crippen molar-refractivity contribution < 1.29 is 33.5 Å². The molecule has 0 saturated carbocycles. The summed E-state index contributed by atoms with van der Waals surface area (Å²) in [4.78, 5) is 74.8. The summed E-state index contributed by atoms with van der Waals surface area (Å²) in [6.07, 6.45) is 12.6. The van der Waals surface area contributed by atoms with E-state index in [9.17, 15) is 28.8 Å². The highest BCUT2D eigenvalue weighted by atomic mass is 32.2. The van der Waals surface area contributed by atoms with Crippen molar-refractivity contribution in [2.75, 3.05) is 25.4 Å². The third kappa shape index (κ3) is 11.5. The molecule has 5 rings (SSSR count). The van der Waals surface area contributed by atoms with Crippen LogP contribution in [0.4, 0.5) is 4.79 Å². The van der Waals surface area contributed by atoms with Crippen molar-refractivity contribution in [3.05, 3.63) is 106 Å². The fraction of sp³-hybridized carbons (Fsp3) is 0.429. The van der Waals surface area contributed by atoms with Gasteiger partial charge in [0.05, 0.1) is 17.6 Å². The maximum atomic E-state index is 13.2. The molecule has 4 amide bonds. The van der Waals surface area contributed by atoms with Gasteiger partial charge in [0.15, 0.2) is 11.6 Å². The first-order valence-electron chi connectivity index (χ1n) is 18.6. The Balaban J connectivity index is 1.01. The van der Waals surface area contributed by atoms with E-state index in [4.69, 9.17) is 4.74 Å². The summed E-state index contributed by atoms with van der Waals surface area (Å²) < 4.78 is 5.63. The van der Waals surface area contributed by atoms with E-state index in [1.54, 1.807) is 54.6 Å². The highest BCUT2D eigenvalue weighted by Gasteiger charge is 2.42. The number of hydrogen-bond acceptors (Lipinski definition) is 8. The molecule has 3 atom stereocenters. The van der Waals surface area contributed by atoms with Crippen LogP contribution < -0.4 is 21.3 Å². The van der Waals surface area contributed by atoms with Gasteiger partial charge in [0.1, 0.15) is 6.61 Å². The second kappa shape index (κ2) is 18.9. The van der Waals surface area contributed by atoms with Crippen LogP contribution in [0.1, 0.15) is 102 Å². The van der Waals surface area contributed by atoms with Crippen LogP contribution in [-0.4, -0.2) is 78.2 Å². The summed E-state index contributed by atoms with van der Waals surface area (Å²) in [5, 5.41) is 11.9. The number of amides is 4. The quantitative estimate of drug-likeness (QED) is 0.0615. The lowest BCUT2D eigenvalue weighted by molar-refractivity contribution is -0.121. The number of carbonyl (C=O) groups is 6. The molecule has 286 valence electrons. The molecule has 2 aromatic rings. The van der Waals surface area contributed by atoms with Gasteiger partial charge in [-0.3, -0.25) is 19.2 Å². The molecule has 0 aromatic heterocycles. The Kier molecular flexibility index (Phi) is 14.1. The number of urea groups is 1. The molecule has 0 spiro atoms. The Morgan fingerprint density at radius 3 is 2.26 bits per heavy atom. The van der Waals surface area contributed by atoms with E-state index in [1.807, 2.05) is 30.8 Å². The summed E-state index contributed by atoms with van der Waals surface area (Å²) >= 11 is 1.86. The molecule has 2 aromatic carbocycles. The molecule has 54 heavy (non-hydrogen) atoms. The monoisotopic (exact) mass is 754 g/mol. The van der Waals surface area contributed by atoms with Gasteiger partial charge in [-0.2, -0.15) is 11.8 Å². The van der Waals surface area contributed by atoms with Crippen LogP contribution in [0.5, 0.6) is 0 Å². The summed E-state index contributed by atoms with van der Waals surface area (Å²) in [5.74, 6) is -0.199. The normalized spacial score (nSPS) is 23.2. The molecule has 2 aliphatic heterocycles. The van der Waals surface area contributed by atoms with Crippen molar-refractivity contribution in [2.45, 2.75) is 83.1 Å². The predicted octanol–water partition coefficient (Wildman–Crippen LogP) is 5.85. The number of unbranched alkanes of at least 4 members (excludes halogenated alkanes) is 1. The summed E-state index contributed by atoms with van der Waals surface area (Å²) in [5.41, 5.74) is 2.96. The number of thioether (sulfide) groups is 1. The first-order chi connectivity index (χ1) is 25.9. The van der Waals surface area contributed by atoms with Crippen molar-refractivity contribution in [1.82, 2.24) is 21.3 Å². The van der Waals surface area contributed by atoms with E-state index in [-0.39, 0.29) is 60.1 Å². The number of carbonyl (C=O) groups excluding carboxylic acids is 6. The number of allylic oxidation sites excluding steroid dienone is 5. The van der Waals surface area contributed by atoms with Crippen LogP contribution in [0.15, 0.2) is 84.0 Å². The van der Waals surface area contributed by atoms with Gasteiger partial charge in [-0.05, 0) is 85.9 Å². The fourth-order valence-electron chi connectivity index (χ4n) is 6.50. The predicted molar refractivity (Wildman–Crippen MR) is 210 cm³/mol. The van der Waals surface area contributed by atoms with Gasteiger partial charge in [-0.25, -0.2) is 9.59 Å². The van der Waals surface area contributed by atoms with Crippen LogP contribution in [0.2, 0.25) is 0 Å². The van der Waals surface area contributed by atoms with E-state index in [1.165, 1.54) is 0 Å². The third-order valence-electron chi connectivity index (χ3n) is 9.90. The number of benzene rings is 2. The number of esters is 1. The SMILES string of the molecule is C/C1=C\CC/C(COC(=O)c2ccc(C(=O)c3ccc(C(=O)NCCNC(=O)CCCC[C@@H]4SC[C@@H]5NC(=O)N[C@@H]54)cc3)cc2)=C/CC(C)(C)/C=C/C1=O. The number of ether oxygens (including phenoxy) is 1. The van der Waals surface area contributed by atoms with E-state index >= 15 is 0 Å². The highest BCUT2D eigenvalue weighted by Crippen LogP contribution is 2.33. The molecule has 0 bridgehead atoms. The average molecular weight is 755 g/mol. The van der Waals surface area contributed by atoms with Crippen LogP contribution in [-0.2, 0) is 14.3 Å². The molecule has 0 radical (unpaired) electrons. The molecular formula is C42H50N4O7S. The minimum atomic E-state index is -0.493. The number of nitrogens with one attached hydrogen (secondary N) is 4. The Bertz CT molecular complexity index is 1810. The molecule has 2 saturated heterocycles. The summed E-state index contributed by atoms with van der Waals surface area (Å²) in [6.45, 7) is 6.63. The number of fused-ring (bicyclic) bond motifs is 1.